The molecule has 0 spiro atoms. The third-order valence-electron chi connectivity index (χ3n) is 4.70. The Morgan fingerprint density at radius 2 is 1.45 bits per heavy atom. The number of amides is 1. The monoisotopic (exact) mass is 405 g/mol. The van der Waals surface area contributed by atoms with Gasteiger partial charge in [-0.15, -0.1) is 11.8 Å². The molecular weight excluding hydrogens is 389 g/mol. The number of anilines is 1. The molecule has 1 aliphatic carbocycles. The van der Waals surface area contributed by atoms with Crippen LogP contribution in [0.2, 0.25) is 0 Å². The molecule has 0 heterocycles. The summed E-state index contributed by atoms with van der Waals surface area (Å²) in [6, 6.07) is 17.6. The van der Waals surface area contributed by atoms with Gasteiger partial charge < -0.3 is 5.32 Å². The topological polar surface area (TPSA) is 63.2 Å². The highest BCUT2D eigenvalue weighted by atomic mass is 32.2. The highest BCUT2D eigenvalue weighted by Gasteiger charge is 2.29. The molecule has 144 valence electrons. The Morgan fingerprint density at radius 3 is 2.14 bits per heavy atom. The molecule has 0 saturated heterocycles. The summed E-state index contributed by atoms with van der Waals surface area (Å²) in [7, 11) is 0. The minimum Gasteiger partial charge on any atom is -0.325 e. The maximum Gasteiger partial charge on any atom is 0.237 e. The number of hydrogen-bond acceptors (Lipinski definition) is 4. The first-order chi connectivity index (χ1) is 14.0. The van der Waals surface area contributed by atoms with E-state index in [9.17, 15) is 18.8 Å². The standard InChI is InChI=1S/C23H16FNO3S/c1-13(29-20-9-5-4-8-19(20)24)23(28)25-14-10-11-17-18(12-14)22(27)16-7-3-2-6-15(16)21(17)26/h2-13H,1H3,(H,25,28)/t13-/m1/s1. The molecule has 0 aliphatic heterocycles. The molecule has 3 aromatic carbocycles. The molecule has 1 aliphatic rings. The Kier molecular flexibility index (Phi) is 5.03. The van der Waals surface area contributed by atoms with Gasteiger partial charge in [-0.2, -0.15) is 0 Å². The van der Waals surface area contributed by atoms with E-state index in [1.165, 1.54) is 12.1 Å². The van der Waals surface area contributed by atoms with Crippen LogP contribution in [0.4, 0.5) is 10.1 Å². The zero-order chi connectivity index (χ0) is 20.5. The van der Waals surface area contributed by atoms with Gasteiger partial charge in [-0.05, 0) is 37.3 Å². The number of halogens is 1. The van der Waals surface area contributed by atoms with Gasteiger partial charge in [0, 0.05) is 32.8 Å². The zero-order valence-electron chi connectivity index (χ0n) is 15.4. The lowest BCUT2D eigenvalue weighted by Gasteiger charge is -2.19. The first-order valence-electron chi connectivity index (χ1n) is 9.00. The molecule has 4 rings (SSSR count). The van der Waals surface area contributed by atoms with Crippen molar-refractivity contribution in [2.75, 3.05) is 5.32 Å². The third-order valence-corrected chi connectivity index (χ3v) is 5.85. The van der Waals surface area contributed by atoms with Gasteiger partial charge in [0.2, 0.25) is 5.91 Å². The van der Waals surface area contributed by atoms with Crippen molar-refractivity contribution in [2.24, 2.45) is 0 Å². The maximum atomic E-state index is 13.8. The van der Waals surface area contributed by atoms with Crippen molar-refractivity contribution < 1.29 is 18.8 Å². The van der Waals surface area contributed by atoms with E-state index < -0.39 is 5.25 Å². The number of thioether (sulfide) groups is 1. The minimum absolute atomic E-state index is 0.212. The van der Waals surface area contributed by atoms with Crippen molar-refractivity contribution in [1.29, 1.82) is 0 Å². The van der Waals surface area contributed by atoms with Crippen LogP contribution in [0.1, 0.15) is 38.8 Å². The molecule has 0 radical (unpaired) electrons. The summed E-state index contributed by atoms with van der Waals surface area (Å²) in [5.41, 5.74) is 1.74. The lowest BCUT2D eigenvalue weighted by Crippen LogP contribution is -2.24. The number of nitrogens with one attached hydrogen (secondary N) is 1. The molecule has 1 amide bonds. The van der Waals surface area contributed by atoms with Gasteiger partial charge in [-0.25, -0.2) is 4.39 Å². The number of ketones is 2. The van der Waals surface area contributed by atoms with Gasteiger partial charge >= 0.3 is 0 Å². The largest absolute Gasteiger partial charge is 0.325 e. The van der Waals surface area contributed by atoms with Crippen molar-refractivity contribution >= 4 is 34.9 Å². The number of hydrogen-bond donors (Lipinski definition) is 1. The second-order valence-corrected chi connectivity index (χ2v) is 8.03. The number of carbonyl (C=O) groups is 3. The average Bonchev–Trinajstić information content (AvgIpc) is 2.73. The Morgan fingerprint density at radius 1 is 0.862 bits per heavy atom. The maximum absolute atomic E-state index is 13.8. The van der Waals surface area contributed by atoms with Crippen LogP contribution in [-0.4, -0.2) is 22.7 Å². The fraction of sp³-hybridized carbons (Fsp3) is 0.0870. The summed E-state index contributed by atoms with van der Waals surface area (Å²) in [5, 5.41) is 2.19. The summed E-state index contributed by atoms with van der Waals surface area (Å²) in [6.07, 6.45) is 0. The van der Waals surface area contributed by atoms with Crippen molar-refractivity contribution in [2.45, 2.75) is 17.1 Å². The SMILES string of the molecule is C[C@@H](Sc1ccccc1F)C(=O)Nc1ccc2c(c1)C(=O)c1ccccc1C2=O. The molecule has 4 nitrogen and oxygen atoms in total. The van der Waals surface area contributed by atoms with Gasteiger partial charge in [0.15, 0.2) is 11.6 Å². The normalized spacial score (nSPS) is 13.4. The van der Waals surface area contributed by atoms with E-state index in [2.05, 4.69) is 5.32 Å². The lowest BCUT2D eigenvalue weighted by atomic mass is 9.84. The smallest absolute Gasteiger partial charge is 0.237 e. The Hall–Kier alpha value is -3.25. The van der Waals surface area contributed by atoms with Crippen LogP contribution in [0.25, 0.3) is 0 Å². The van der Waals surface area contributed by atoms with Crippen LogP contribution in [-0.2, 0) is 4.79 Å². The van der Waals surface area contributed by atoms with Gasteiger partial charge in [-0.1, -0.05) is 36.4 Å². The summed E-state index contributed by atoms with van der Waals surface area (Å²) in [6.45, 7) is 1.68. The van der Waals surface area contributed by atoms with E-state index in [0.29, 0.717) is 27.3 Å². The van der Waals surface area contributed by atoms with E-state index in [-0.39, 0.29) is 28.9 Å². The third kappa shape index (κ3) is 3.59. The summed E-state index contributed by atoms with van der Waals surface area (Å²) < 4.78 is 13.8. The summed E-state index contributed by atoms with van der Waals surface area (Å²) in [5.74, 6) is -1.17. The highest BCUT2D eigenvalue weighted by Crippen LogP contribution is 2.30. The molecule has 1 atom stereocenters. The molecule has 3 aromatic rings. The predicted molar refractivity (Wildman–Crippen MR) is 110 cm³/mol. The minimum atomic E-state index is -0.555. The van der Waals surface area contributed by atoms with Gasteiger partial charge in [0.25, 0.3) is 0 Å². The average molecular weight is 405 g/mol. The van der Waals surface area contributed by atoms with E-state index in [1.807, 2.05) is 0 Å². The van der Waals surface area contributed by atoms with Crippen LogP contribution < -0.4 is 5.32 Å². The fourth-order valence-electron chi connectivity index (χ4n) is 3.21. The molecule has 29 heavy (non-hydrogen) atoms. The first kappa shape index (κ1) is 19.1. The second kappa shape index (κ2) is 7.64. The van der Waals surface area contributed by atoms with Crippen molar-refractivity contribution in [1.82, 2.24) is 0 Å². The molecule has 0 fully saturated rings. The predicted octanol–water partition coefficient (Wildman–Crippen LogP) is 4.72. The Balaban J connectivity index is 1.55. The molecule has 0 unspecified atom stereocenters. The Labute approximate surface area is 171 Å². The molecule has 6 heteroatoms. The molecule has 0 bridgehead atoms. The van der Waals surface area contributed by atoms with Gasteiger partial charge in [0.1, 0.15) is 5.82 Å². The van der Waals surface area contributed by atoms with Gasteiger partial charge in [-0.3, -0.25) is 14.4 Å². The van der Waals surface area contributed by atoms with Crippen LogP contribution >= 0.6 is 11.8 Å². The molecular formula is C23H16FNO3S. The fourth-order valence-corrected chi connectivity index (χ4v) is 4.09. The molecule has 0 aromatic heterocycles. The molecule has 1 N–H and O–H groups in total. The van der Waals surface area contributed by atoms with E-state index in [0.717, 1.165) is 11.8 Å². The summed E-state index contributed by atoms with van der Waals surface area (Å²) >= 11 is 1.11. The van der Waals surface area contributed by atoms with Crippen molar-refractivity contribution in [3.05, 3.63) is 94.8 Å². The quantitative estimate of drug-likeness (QED) is 0.499. The van der Waals surface area contributed by atoms with Crippen LogP contribution in [0.5, 0.6) is 0 Å². The highest BCUT2D eigenvalue weighted by molar-refractivity contribution is 8.00. The van der Waals surface area contributed by atoms with Gasteiger partial charge in [0.05, 0.1) is 5.25 Å². The molecule has 0 saturated carbocycles. The number of benzene rings is 3. The van der Waals surface area contributed by atoms with E-state index in [1.54, 1.807) is 61.5 Å². The number of fused-ring (bicyclic) bond motifs is 2. The zero-order valence-corrected chi connectivity index (χ0v) is 16.3. The summed E-state index contributed by atoms with van der Waals surface area (Å²) in [4.78, 5) is 38.4. The van der Waals surface area contributed by atoms with E-state index in [4.69, 9.17) is 0 Å². The van der Waals surface area contributed by atoms with E-state index >= 15 is 0 Å². The van der Waals surface area contributed by atoms with Crippen LogP contribution in [0.15, 0.2) is 71.6 Å². The lowest BCUT2D eigenvalue weighted by molar-refractivity contribution is -0.115. The van der Waals surface area contributed by atoms with Crippen molar-refractivity contribution in [3.63, 3.8) is 0 Å². The first-order valence-corrected chi connectivity index (χ1v) is 9.88. The Bertz CT molecular complexity index is 1160. The number of carbonyl (C=O) groups excluding carboxylic acids is 3. The second-order valence-electron chi connectivity index (χ2n) is 6.64. The van der Waals surface area contributed by atoms with Crippen LogP contribution in [0, 0.1) is 5.82 Å². The number of rotatable bonds is 4. The van der Waals surface area contributed by atoms with Crippen LogP contribution in [0.3, 0.4) is 0 Å². The van der Waals surface area contributed by atoms with Crippen molar-refractivity contribution in [3.8, 4) is 0 Å².